The lowest BCUT2D eigenvalue weighted by Crippen LogP contribution is -2.08. The minimum atomic E-state index is -0.0334. The van der Waals surface area contributed by atoms with Gasteiger partial charge >= 0.3 is 0 Å². The second kappa shape index (κ2) is 10.2. The molecule has 3 heteroatoms. The Morgan fingerprint density at radius 3 is 1.61 bits per heavy atom. The average molecular weight is 445 g/mol. The molecule has 0 fully saturated rings. The Kier molecular flexibility index (Phi) is 6.87. The van der Waals surface area contributed by atoms with Gasteiger partial charge < -0.3 is 14.2 Å². The summed E-state index contributed by atoms with van der Waals surface area (Å²) in [5, 5.41) is 4.76. The first-order valence-electron chi connectivity index (χ1n) is 12.9. The van der Waals surface area contributed by atoms with Crippen LogP contribution in [0.3, 0.4) is 0 Å². The first-order chi connectivity index (χ1) is 16.3. The summed E-state index contributed by atoms with van der Waals surface area (Å²) in [7, 11) is 0. The van der Waals surface area contributed by atoms with Gasteiger partial charge in [-0.05, 0) is 35.7 Å². The molecule has 0 radical (unpaired) electrons. The summed E-state index contributed by atoms with van der Waals surface area (Å²) in [6, 6.07) is 13.1. The van der Waals surface area contributed by atoms with Crippen molar-refractivity contribution in [3.63, 3.8) is 0 Å². The largest absolute Gasteiger partial charge is 0.493 e. The van der Waals surface area contributed by atoms with Crippen molar-refractivity contribution in [1.82, 2.24) is 0 Å². The van der Waals surface area contributed by atoms with Gasteiger partial charge in [0.25, 0.3) is 0 Å². The van der Waals surface area contributed by atoms with Crippen LogP contribution < -0.4 is 9.47 Å². The SMILES string of the molecule is CCCCCCOc1c2c(c(OCCCCCC)c3cc4ccccc4cc13)C1C=CC2O1. The van der Waals surface area contributed by atoms with Gasteiger partial charge in [0.15, 0.2) is 0 Å². The molecule has 3 aromatic rings. The summed E-state index contributed by atoms with van der Waals surface area (Å²) in [5.41, 5.74) is 2.37. The quantitative estimate of drug-likeness (QED) is 0.159. The van der Waals surface area contributed by atoms with E-state index in [4.69, 9.17) is 14.2 Å². The van der Waals surface area contributed by atoms with Crippen molar-refractivity contribution >= 4 is 21.5 Å². The number of hydrogen-bond donors (Lipinski definition) is 0. The van der Waals surface area contributed by atoms with Crippen LogP contribution in [-0.2, 0) is 4.74 Å². The Balaban J connectivity index is 1.59. The zero-order chi connectivity index (χ0) is 22.6. The zero-order valence-electron chi connectivity index (χ0n) is 20.1. The van der Waals surface area contributed by atoms with Gasteiger partial charge in [0, 0.05) is 21.9 Å². The highest BCUT2D eigenvalue weighted by atomic mass is 16.5. The molecule has 2 unspecified atom stereocenters. The molecule has 0 aromatic heterocycles. The third-order valence-electron chi connectivity index (χ3n) is 6.97. The fourth-order valence-electron chi connectivity index (χ4n) is 5.21. The molecule has 33 heavy (non-hydrogen) atoms. The number of fused-ring (bicyclic) bond motifs is 7. The smallest absolute Gasteiger partial charge is 0.133 e. The monoisotopic (exact) mass is 444 g/mol. The minimum Gasteiger partial charge on any atom is -0.493 e. The summed E-state index contributed by atoms with van der Waals surface area (Å²) >= 11 is 0. The molecule has 5 rings (SSSR count). The topological polar surface area (TPSA) is 27.7 Å². The maximum Gasteiger partial charge on any atom is 0.133 e. The highest BCUT2D eigenvalue weighted by Gasteiger charge is 2.40. The average Bonchev–Trinajstić information content (AvgIpc) is 3.46. The van der Waals surface area contributed by atoms with Crippen molar-refractivity contribution in [3.8, 4) is 11.5 Å². The second-order valence-corrected chi connectivity index (χ2v) is 9.41. The predicted octanol–water partition coefficient (Wildman–Crippen LogP) is 8.59. The summed E-state index contributed by atoms with van der Waals surface area (Å²) in [6.07, 6.45) is 13.8. The number of hydrogen-bond acceptors (Lipinski definition) is 3. The van der Waals surface area contributed by atoms with Gasteiger partial charge in [-0.25, -0.2) is 0 Å². The Hall–Kier alpha value is -2.52. The molecular weight excluding hydrogens is 408 g/mol. The van der Waals surface area contributed by atoms with E-state index in [2.05, 4.69) is 62.4 Å². The highest BCUT2D eigenvalue weighted by Crippen LogP contribution is 2.57. The standard InChI is InChI=1S/C30H36O3/c1-3-5-7-11-17-31-29-23-19-21-13-9-10-14-22(21)20-24(23)30(32-18-12-8-6-4-2)28-26-16-15-25(33-26)27(28)29/h9-10,13-16,19-20,25-26H,3-8,11-12,17-18H2,1-2H3. The lowest BCUT2D eigenvalue weighted by molar-refractivity contribution is 0.0856. The van der Waals surface area contributed by atoms with Crippen LogP contribution in [0.5, 0.6) is 11.5 Å². The van der Waals surface area contributed by atoms with Gasteiger partial charge in [-0.3, -0.25) is 0 Å². The van der Waals surface area contributed by atoms with Crippen LogP contribution in [0.2, 0.25) is 0 Å². The molecular formula is C30H36O3. The molecule has 3 nitrogen and oxygen atoms in total. The molecule has 0 saturated heterocycles. The first kappa shape index (κ1) is 22.3. The van der Waals surface area contributed by atoms with Crippen LogP contribution in [0.25, 0.3) is 21.5 Å². The van der Waals surface area contributed by atoms with Gasteiger partial charge in [-0.2, -0.15) is 0 Å². The summed E-state index contributed by atoms with van der Waals surface area (Å²) < 4.78 is 19.4. The van der Waals surface area contributed by atoms with Gasteiger partial charge in [-0.1, -0.05) is 88.8 Å². The third kappa shape index (κ3) is 4.36. The predicted molar refractivity (Wildman–Crippen MR) is 136 cm³/mol. The van der Waals surface area contributed by atoms with Gasteiger partial charge in [-0.15, -0.1) is 0 Å². The first-order valence-corrected chi connectivity index (χ1v) is 12.9. The van der Waals surface area contributed by atoms with Crippen LogP contribution in [0.15, 0.2) is 48.6 Å². The lowest BCUT2D eigenvalue weighted by atomic mass is 9.89. The van der Waals surface area contributed by atoms with Crippen LogP contribution >= 0.6 is 0 Å². The van der Waals surface area contributed by atoms with Crippen molar-refractivity contribution in [1.29, 1.82) is 0 Å². The van der Waals surface area contributed by atoms with Crippen LogP contribution in [0.4, 0.5) is 0 Å². The van der Waals surface area contributed by atoms with Crippen LogP contribution in [-0.4, -0.2) is 13.2 Å². The van der Waals surface area contributed by atoms with Crippen LogP contribution in [0, 0.1) is 0 Å². The van der Waals surface area contributed by atoms with E-state index in [9.17, 15) is 0 Å². The molecule has 2 atom stereocenters. The van der Waals surface area contributed by atoms with Gasteiger partial charge in [0.05, 0.1) is 13.2 Å². The molecule has 174 valence electrons. The number of rotatable bonds is 12. The third-order valence-corrected chi connectivity index (χ3v) is 6.97. The number of ether oxygens (including phenoxy) is 3. The van der Waals surface area contributed by atoms with Gasteiger partial charge in [0.2, 0.25) is 0 Å². The molecule has 3 aromatic carbocycles. The summed E-state index contributed by atoms with van der Waals surface area (Å²) in [5.74, 6) is 2.00. The maximum atomic E-state index is 6.55. The minimum absolute atomic E-state index is 0.0334. The van der Waals surface area contributed by atoms with E-state index in [-0.39, 0.29) is 12.2 Å². The summed E-state index contributed by atoms with van der Waals surface area (Å²) in [6.45, 7) is 5.97. The van der Waals surface area contributed by atoms with Crippen LogP contribution in [0.1, 0.15) is 88.5 Å². The Morgan fingerprint density at radius 2 is 1.15 bits per heavy atom. The number of benzene rings is 3. The molecule has 2 heterocycles. The van der Waals surface area contributed by atoms with Crippen molar-refractivity contribution < 1.29 is 14.2 Å². The second-order valence-electron chi connectivity index (χ2n) is 9.41. The molecule has 2 aliphatic heterocycles. The Labute approximate surface area is 197 Å². The van der Waals surface area contributed by atoms with E-state index in [0.717, 1.165) is 48.3 Å². The van der Waals surface area contributed by atoms with Gasteiger partial charge in [0.1, 0.15) is 23.7 Å². The fraction of sp³-hybridized carbons (Fsp3) is 0.467. The molecule has 2 aliphatic rings. The normalized spacial score (nSPS) is 18.4. The van der Waals surface area contributed by atoms with Crippen molar-refractivity contribution in [2.45, 2.75) is 77.4 Å². The Bertz CT molecular complexity index is 1060. The maximum absolute atomic E-state index is 6.55. The zero-order valence-corrected chi connectivity index (χ0v) is 20.1. The van der Waals surface area contributed by atoms with E-state index < -0.39 is 0 Å². The highest BCUT2D eigenvalue weighted by molar-refractivity contribution is 6.05. The van der Waals surface area contributed by atoms with E-state index in [1.165, 1.54) is 60.4 Å². The van der Waals surface area contributed by atoms with E-state index >= 15 is 0 Å². The molecule has 2 bridgehead atoms. The van der Waals surface area contributed by atoms with E-state index in [1.54, 1.807) is 0 Å². The van der Waals surface area contributed by atoms with E-state index in [0.29, 0.717) is 0 Å². The van der Waals surface area contributed by atoms with E-state index in [1.807, 2.05) is 0 Å². The fourth-order valence-corrected chi connectivity index (χ4v) is 5.21. The Morgan fingerprint density at radius 1 is 0.667 bits per heavy atom. The van der Waals surface area contributed by atoms with Crippen molar-refractivity contribution in [2.24, 2.45) is 0 Å². The molecule has 0 spiro atoms. The summed E-state index contributed by atoms with van der Waals surface area (Å²) in [4.78, 5) is 0. The number of unbranched alkanes of at least 4 members (excludes halogenated alkanes) is 6. The molecule has 0 aliphatic carbocycles. The van der Waals surface area contributed by atoms with Crippen molar-refractivity contribution in [3.05, 3.63) is 59.7 Å². The lowest BCUT2D eigenvalue weighted by Gasteiger charge is -2.22. The molecule has 0 N–H and O–H groups in total. The molecule has 0 saturated carbocycles. The molecule has 0 amide bonds. The van der Waals surface area contributed by atoms with Crippen molar-refractivity contribution in [2.75, 3.05) is 13.2 Å².